The minimum Gasteiger partial charge on any atom is -0.377 e. The van der Waals surface area contributed by atoms with Gasteiger partial charge in [-0.1, -0.05) is 39.0 Å². The molecule has 2 rings (SSSR count). The second-order valence-corrected chi connectivity index (χ2v) is 7.38. The summed E-state index contributed by atoms with van der Waals surface area (Å²) >= 11 is 0. The Morgan fingerprint density at radius 3 is 2.11 bits per heavy atom. The van der Waals surface area contributed by atoms with Crippen molar-refractivity contribution >= 4 is 0 Å². The molecular weight excluding hydrogens is 234 g/mol. The Labute approximate surface area is 119 Å². The van der Waals surface area contributed by atoms with Crippen LogP contribution in [0.5, 0.6) is 0 Å². The predicted octanol–water partition coefficient (Wildman–Crippen LogP) is 4.23. The fraction of sp³-hybridized carbons (Fsp3) is 1.00. The van der Waals surface area contributed by atoms with E-state index in [0.29, 0.717) is 11.6 Å². The Kier molecular flexibility index (Phi) is 5.30. The molecule has 2 atom stereocenters. The van der Waals surface area contributed by atoms with Crippen LogP contribution in [0.3, 0.4) is 0 Å². The highest BCUT2D eigenvalue weighted by Gasteiger charge is 2.44. The zero-order valence-corrected chi connectivity index (χ0v) is 13.5. The van der Waals surface area contributed by atoms with Gasteiger partial charge in [-0.2, -0.15) is 0 Å². The van der Waals surface area contributed by atoms with E-state index in [4.69, 9.17) is 4.74 Å². The van der Waals surface area contributed by atoms with E-state index in [-0.39, 0.29) is 0 Å². The van der Waals surface area contributed by atoms with Crippen LogP contribution in [0.2, 0.25) is 0 Å². The molecule has 0 spiro atoms. The second kappa shape index (κ2) is 6.58. The van der Waals surface area contributed by atoms with Crippen LogP contribution in [0.4, 0.5) is 0 Å². The van der Waals surface area contributed by atoms with Gasteiger partial charge in [-0.05, 0) is 39.5 Å². The summed E-state index contributed by atoms with van der Waals surface area (Å²) in [4.78, 5) is 2.80. The van der Waals surface area contributed by atoms with Gasteiger partial charge in [0.15, 0.2) is 0 Å². The van der Waals surface area contributed by atoms with Crippen molar-refractivity contribution in [2.75, 3.05) is 13.2 Å². The fourth-order valence-corrected chi connectivity index (χ4v) is 4.19. The molecule has 1 aliphatic carbocycles. The van der Waals surface area contributed by atoms with Gasteiger partial charge in [0.2, 0.25) is 0 Å². The highest BCUT2D eigenvalue weighted by molar-refractivity contribution is 4.98. The lowest BCUT2D eigenvalue weighted by molar-refractivity contribution is -0.162. The molecule has 0 bridgehead atoms. The lowest BCUT2D eigenvalue weighted by atomic mass is 9.85. The molecule has 0 amide bonds. The van der Waals surface area contributed by atoms with Crippen LogP contribution in [0.1, 0.15) is 72.6 Å². The molecule has 0 N–H and O–H groups in total. The van der Waals surface area contributed by atoms with Crippen LogP contribution in [-0.2, 0) is 4.74 Å². The van der Waals surface area contributed by atoms with E-state index in [2.05, 4.69) is 32.6 Å². The van der Waals surface area contributed by atoms with Gasteiger partial charge in [0.1, 0.15) is 0 Å². The summed E-state index contributed by atoms with van der Waals surface area (Å²) in [5.41, 5.74) is 0.293. The first-order valence-electron chi connectivity index (χ1n) is 8.41. The molecule has 2 nitrogen and oxygen atoms in total. The summed E-state index contributed by atoms with van der Waals surface area (Å²) in [5, 5.41) is 0. The molecule has 112 valence electrons. The third kappa shape index (κ3) is 3.52. The smallest absolute Gasteiger partial charge is 0.0671 e. The molecule has 0 aromatic heterocycles. The molecule has 1 aliphatic heterocycles. The van der Waals surface area contributed by atoms with Gasteiger partial charge in [0.05, 0.1) is 18.8 Å². The third-order valence-corrected chi connectivity index (χ3v) is 5.18. The van der Waals surface area contributed by atoms with Gasteiger partial charge < -0.3 is 4.74 Å². The molecule has 2 unspecified atom stereocenters. The Morgan fingerprint density at radius 1 is 1.00 bits per heavy atom. The highest BCUT2D eigenvalue weighted by Crippen LogP contribution is 2.35. The quantitative estimate of drug-likeness (QED) is 0.758. The number of ether oxygens (including phenoxy) is 1. The first-order chi connectivity index (χ1) is 9.04. The SMILES string of the molecule is CC1CCCCCCCC1N(C(C)C)C1(C)COC1. The highest BCUT2D eigenvalue weighted by atomic mass is 16.5. The van der Waals surface area contributed by atoms with Gasteiger partial charge >= 0.3 is 0 Å². The molecule has 2 aliphatic rings. The molecule has 2 heteroatoms. The average molecular weight is 267 g/mol. The van der Waals surface area contributed by atoms with Crippen LogP contribution in [0, 0.1) is 5.92 Å². The maximum absolute atomic E-state index is 5.53. The van der Waals surface area contributed by atoms with Crippen molar-refractivity contribution in [2.45, 2.75) is 90.3 Å². The summed E-state index contributed by atoms with van der Waals surface area (Å²) < 4.78 is 5.53. The summed E-state index contributed by atoms with van der Waals surface area (Å²) in [7, 11) is 0. The number of nitrogens with zero attached hydrogens (tertiary/aromatic N) is 1. The van der Waals surface area contributed by atoms with Crippen molar-refractivity contribution in [1.29, 1.82) is 0 Å². The molecule has 1 heterocycles. The van der Waals surface area contributed by atoms with Crippen LogP contribution in [0.25, 0.3) is 0 Å². The van der Waals surface area contributed by atoms with Crippen LogP contribution >= 0.6 is 0 Å². The molecule has 0 aromatic rings. The largest absolute Gasteiger partial charge is 0.377 e. The monoisotopic (exact) mass is 267 g/mol. The van der Waals surface area contributed by atoms with Crippen LogP contribution in [-0.4, -0.2) is 35.7 Å². The minimum absolute atomic E-state index is 0.293. The lowest BCUT2D eigenvalue weighted by Gasteiger charge is -2.54. The third-order valence-electron chi connectivity index (χ3n) is 5.18. The number of hydrogen-bond donors (Lipinski definition) is 0. The summed E-state index contributed by atoms with van der Waals surface area (Å²) in [6.45, 7) is 11.5. The molecule has 0 aromatic carbocycles. The first-order valence-corrected chi connectivity index (χ1v) is 8.41. The van der Waals surface area contributed by atoms with Crippen LogP contribution < -0.4 is 0 Å². The van der Waals surface area contributed by atoms with Gasteiger partial charge in [-0.3, -0.25) is 4.90 Å². The minimum atomic E-state index is 0.293. The summed E-state index contributed by atoms with van der Waals surface area (Å²) in [6, 6.07) is 1.38. The van der Waals surface area contributed by atoms with Gasteiger partial charge in [-0.25, -0.2) is 0 Å². The van der Waals surface area contributed by atoms with Crippen molar-refractivity contribution < 1.29 is 4.74 Å². The van der Waals surface area contributed by atoms with Gasteiger partial charge in [0, 0.05) is 12.1 Å². The molecular formula is C17H33NO. The van der Waals surface area contributed by atoms with Gasteiger partial charge in [0.25, 0.3) is 0 Å². The first kappa shape index (κ1) is 15.3. The van der Waals surface area contributed by atoms with E-state index in [1.54, 1.807) is 0 Å². The average Bonchev–Trinajstić information content (AvgIpc) is 2.41. The van der Waals surface area contributed by atoms with Crippen molar-refractivity contribution in [3.63, 3.8) is 0 Å². The molecule has 0 radical (unpaired) electrons. The maximum atomic E-state index is 5.53. The summed E-state index contributed by atoms with van der Waals surface area (Å²) in [5.74, 6) is 0.831. The van der Waals surface area contributed by atoms with Crippen molar-refractivity contribution in [3.05, 3.63) is 0 Å². The molecule has 19 heavy (non-hydrogen) atoms. The van der Waals surface area contributed by atoms with E-state index in [0.717, 1.165) is 25.2 Å². The normalized spacial score (nSPS) is 32.5. The van der Waals surface area contributed by atoms with E-state index < -0.39 is 0 Å². The zero-order valence-electron chi connectivity index (χ0n) is 13.5. The number of hydrogen-bond acceptors (Lipinski definition) is 2. The fourth-order valence-electron chi connectivity index (χ4n) is 4.19. The predicted molar refractivity (Wildman–Crippen MR) is 81.5 cm³/mol. The van der Waals surface area contributed by atoms with E-state index >= 15 is 0 Å². The Bertz CT molecular complexity index is 272. The van der Waals surface area contributed by atoms with Crippen LogP contribution in [0.15, 0.2) is 0 Å². The van der Waals surface area contributed by atoms with Crippen molar-refractivity contribution in [1.82, 2.24) is 4.90 Å². The Balaban J connectivity index is 2.11. The maximum Gasteiger partial charge on any atom is 0.0671 e. The van der Waals surface area contributed by atoms with E-state index in [1.807, 2.05) is 0 Å². The molecule has 2 fully saturated rings. The number of rotatable bonds is 3. The standard InChI is InChI=1S/C17H33NO/c1-14(2)18(17(4)12-19-13-17)16-11-9-7-5-6-8-10-15(16)3/h14-16H,5-13H2,1-4H3. The Morgan fingerprint density at radius 2 is 1.58 bits per heavy atom. The Hall–Kier alpha value is -0.0800. The topological polar surface area (TPSA) is 12.5 Å². The summed E-state index contributed by atoms with van der Waals surface area (Å²) in [6.07, 6.45) is 9.95. The van der Waals surface area contributed by atoms with Gasteiger partial charge in [-0.15, -0.1) is 0 Å². The van der Waals surface area contributed by atoms with E-state index in [9.17, 15) is 0 Å². The van der Waals surface area contributed by atoms with Crippen molar-refractivity contribution in [3.8, 4) is 0 Å². The zero-order chi connectivity index (χ0) is 13.9. The lowest BCUT2D eigenvalue weighted by Crippen LogP contribution is -2.66. The van der Waals surface area contributed by atoms with E-state index in [1.165, 1.54) is 44.9 Å². The molecule has 1 saturated carbocycles. The van der Waals surface area contributed by atoms with Crippen molar-refractivity contribution in [2.24, 2.45) is 5.92 Å². The second-order valence-electron chi connectivity index (χ2n) is 7.38. The molecule has 1 saturated heterocycles.